The van der Waals surface area contributed by atoms with Crippen LogP contribution in [0.3, 0.4) is 0 Å². The molecule has 0 bridgehead atoms. The van der Waals surface area contributed by atoms with Crippen molar-refractivity contribution in [1.29, 1.82) is 0 Å². The molecule has 0 aliphatic carbocycles. The number of nitrogens with zero attached hydrogens (tertiary/aromatic N) is 4. The number of hydrogen-bond acceptors (Lipinski definition) is 3. The Morgan fingerprint density at radius 3 is 2.43 bits per heavy atom. The van der Waals surface area contributed by atoms with Crippen LogP contribution in [0.2, 0.25) is 0 Å². The van der Waals surface area contributed by atoms with E-state index in [-0.39, 0.29) is 0 Å². The lowest BCUT2D eigenvalue weighted by atomic mass is 10.1. The molecule has 4 nitrogen and oxygen atoms in total. The smallest absolute Gasteiger partial charge is 0.113 e. The summed E-state index contributed by atoms with van der Waals surface area (Å²) >= 11 is 0. The number of rotatable bonds is 3. The molecule has 0 N–H and O–H groups in total. The zero-order valence-electron chi connectivity index (χ0n) is 12.4. The van der Waals surface area contributed by atoms with Gasteiger partial charge in [-0.3, -0.25) is 4.98 Å². The van der Waals surface area contributed by atoms with E-state index in [9.17, 15) is 0 Å². The van der Waals surface area contributed by atoms with Crippen LogP contribution >= 0.6 is 0 Å². The maximum absolute atomic E-state index is 4.48. The van der Waals surface area contributed by atoms with Crippen LogP contribution in [0.5, 0.6) is 0 Å². The van der Waals surface area contributed by atoms with Gasteiger partial charge in [0.2, 0.25) is 0 Å². The van der Waals surface area contributed by atoms with Crippen LogP contribution < -0.4 is 0 Å². The summed E-state index contributed by atoms with van der Waals surface area (Å²) in [4.78, 5) is 4.48. The van der Waals surface area contributed by atoms with Crippen molar-refractivity contribution in [3.63, 3.8) is 0 Å². The maximum atomic E-state index is 4.48. The van der Waals surface area contributed by atoms with E-state index in [0.29, 0.717) is 0 Å². The van der Waals surface area contributed by atoms with E-state index >= 15 is 0 Å². The van der Waals surface area contributed by atoms with Crippen LogP contribution in [0, 0.1) is 0 Å². The lowest BCUT2D eigenvalue weighted by molar-refractivity contribution is 0.839. The normalized spacial score (nSPS) is 11.7. The monoisotopic (exact) mass is 298 g/mol. The molecule has 4 aromatic rings. The van der Waals surface area contributed by atoms with E-state index < -0.39 is 0 Å². The molecule has 0 amide bonds. The number of hydrogen-bond donors (Lipinski definition) is 0. The predicted molar refractivity (Wildman–Crippen MR) is 91.5 cm³/mol. The molecule has 0 aliphatic rings. The van der Waals surface area contributed by atoms with E-state index in [1.54, 1.807) is 6.20 Å². The second kappa shape index (κ2) is 5.85. The average molecular weight is 298 g/mol. The highest BCUT2D eigenvalue weighted by molar-refractivity contribution is 5.86. The van der Waals surface area contributed by atoms with Gasteiger partial charge in [0.05, 0.1) is 16.9 Å². The molecular formula is C19H14N4. The average Bonchev–Trinajstić information content (AvgIpc) is 3.05. The molecule has 0 saturated carbocycles. The predicted octanol–water partition coefficient (Wildman–Crippen LogP) is 3.87. The number of fused-ring (bicyclic) bond motifs is 1. The van der Waals surface area contributed by atoms with Crippen LogP contribution in [-0.4, -0.2) is 20.0 Å². The molecule has 23 heavy (non-hydrogen) atoms. The Morgan fingerprint density at radius 1 is 0.826 bits per heavy atom. The lowest BCUT2D eigenvalue weighted by Crippen LogP contribution is -2.03. The topological polar surface area (TPSA) is 43.6 Å². The molecule has 2 heterocycles. The standard InChI is InChI=1S/C19H14N4/c1-2-8-15(9-3-1)14-19(16-10-6-7-13-20-16)23-18-12-5-4-11-17(18)21-22-23/h1-14H/b19-14+. The first-order chi connectivity index (χ1) is 11.4. The Kier molecular flexibility index (Phi) is 3.41. The van der Waals surface area contributed by atoms with Crippen LogP contribution in [0.15, 0.2) is 79.0 Å². The summed E-state index contributed by atoms with van der Waals surface area (Å²) in [5.74, 6) is 0. The largest absolute Gasteiger partial charge is 0.255 e. The fraction of sp³-hybridized carbons (Fsp3) is 0. The zero-order chi connectivity index (χ0) is 15.5. The summed E-state index contributed by atoms with van der Waals surface area (Å²) in [7, 11) is 0. The van der Waals surface area contributed by atoms with Gasteiger partial charge in [-0.2, -0.15) is 0 Å². The fourth-order valence-electron chi connectivity index (χ4n) is 2.51. The molecule has 2 aromatic carbocycles. The summed E-state index contributed by atoms with van der Waals surface area (Å²) in [5, 5.41) is 8.58. The SMILES string of the molecule is C(=C(/c1ccccn1)n1nnc2ccccc21)/c1ccccc1. The van der Waals surface area contributed by atoms with Crippen molar-refractivity contribution in [2.24, 2.45) is 0 Å². The zero-order valence-corrected chi connectivity index (χ0v) is 12.4. The van der Waals surface area contributed by atoms with Crippen molar-refractivity contribution in [2.45, 2.75) is 0 Å². The Labute approximate surface area is 133 Å². The minimum absolute atomic E-state index is 0.854. The fourth-order valence-corrected chi connectivity index (χ4v) is 2.51. The second-order valence-electron chi connectivity index (χ2n) is 5.15. The van der Waals surface area contributed by atoms with Crippen molar-refractivity contribution >= 4 is 22.8 Å². The minimum Gasteiger partial charge on any atom is -0.255 e. The molecule has 0 atom stereocenters. The number of para-hydroxylation sites is 1. The molecule has 0 radical (unpaired) electrons. The highest BCUT2D eigenvalue weighted by Crippen LogP contribution is 2.22. The van der Waals surface area contributed by atoms with Crippen LogP contribution in [0.1, 0.15) is 11.3 Å². The first-order valence-electron chi connectivity index (χ1n) is 7.41. The molecule has 0 unspecified atom stereocenters. The lowest BCUT2D eigenvalue weighted by Gasteiger charge is -2.08. The molecule has 2 aromatic heterocycles. The molecular weight excluding hydrogens is 284 g/mol. The van der Waals surface area contributed by atoms with Gasteiger partial charge in [0.15, 0.2) is 0 Å². The van der Waals surface area contributed by atoms with Crippen molar-refractivity contribution in [1.82, 2.24) is 20.0 Å². The van der Waals surface area contributed by atoms with Gasteiger partial charge >= 0.3 is 0 Å². The van der Waals surface area contributed by atoms with Crippen LogP contribution in [0.4, 0.5) is 0 Å². The number of benzene rings is 2. The highest BCUT2D eigenvalue weighted by Gasteiger charge is 2.11. The van der Waals surface area contributed by atoms with Crippen LogP contribution in [-0.2, 0) is 0 Å². The van der Waals surface area contributed by atoms with Gasteiger partial charge in [-0.25, -0.2) is 4.68 Å². The summed E-state index contributed by atoms with van der Waals surface area (Å²) < 4.78 is 1.84. The summed E-state index contributed by atoms with van der Waals surface area (Å²) in [6.07, 6.45) is 3.86. The first kappa shape index (κ1) is 13.4. The molecule has 110 valence electrons. The third kappa shape index (κ3) is 2.62. The van der Waals surface area contributed by atoms with Crippen molar-refractivity contribution in [3.8, 4) is 0 Å². The third-order valence-corrected chi connectivity index (χ3v) is 3.61. The van der Waals surface area contributed by atoms with Gasteiger partial charge in [-0.1, -0.05) is 53.7 Å². The van der Waals surface area contributed by atoms with Crippen molar-refractivity contribution in [2.75, 3.05) is 0 Å². The van der Waals surface area contributed by atoms with Crippen molar-refractivity contribution < 1.29 is 0 Å². The molecule has 0 spiro atoms. The van der Waals surface area contributed by atoms with Gasteiger partial charge in [0, 0.05) is 6.20 Å². The van der Waals surface area contributed by atoms with Gasteiger partial charge in [0.25, 0.3) is 0 Å². The van der Waals surface area contributed by atoms with Gasteiger partial charge in [-0.15, -0.1) is 5.10 Å². The van der Waals surface area contributed by atoms with Gasteiger partial charge in [0.1, 0.15) is 5.52 Å². The second-order valence-corrected chi connectivity index (χ2v) is 5.15. The summed E-state index contributed by atoms with van der Waals surface area (Å²) in [6.45, 7) is 0. The van der Waals surface area contributed by atoms with E-state index in [2.05, 4.69) is 33.5 Å². The number of pyridine rings is 1. The molecule has 0 fully saturated rings. The summed E-state index contributed by atoms with van der Waals surface area (Å²) in [5.41, 5.74) is 4.66. The van der Waals surface area contributed by atoms with Gasteiger partial charge in [-0.05, 0) is 35.9 Å². The minimum atomic E-state index is 0.854. The number of aromatic nitrogens is 4. The third-order valence-electron chi connectivity index (χ3n) is 3.61. The quantitative estimate of drug-likeness (QED) is 0.576. The Balaban J connectivity index is 1.94. The Morgan fingerprint density at radius 2 is 1.61 bits per heavy atom. The van der Waals surface area contributed by atoms with E-state index in [1.165, 1.54) is 0 Å². The Bertz CT molecular complexity index is 956. The molecule has 0 aliphatic heterocycles. The molecule has 4 rings (SSSR count). The summed E-state index contributed by atoms with van der Waals surface area (Å²) in [6, 6.07) is 23.9. The maximum Gasteiger partial charge on any atom is 0.113 e. The van der Waals surface area contributed by atoms with Crippen molar-refractivity contribution in [3.05, 3.63) is 90.3 Å². The van der Waals surface area contributed by atoms with E-state index in [0.717, 1.165) is 28.0 Å². The molecule has 4 heteroatoms. The van der Waals surface area contributed by atoms with Gasteiger partial charge < -0.3 is 0 Å². The first-order valence-corrected chi connectivity index (χ1v) is 7.41. The molecule has 0 saturated heterocycles. The Hall–Kier alpha value is -3.27. The van der Waals surface area contributed by atoms with Crippen LogP contribution in [0.25, 0.3) is 22.8 Å². The van der Waals surface area contributed by atoms with E-state index in [1.807, 2.05) is 65.3 Å². The highest BCUT2D eigenvalue weighted by atomic mass is 15.4. The van der Waals surface area contributed by atoms with E-state index in [4.69, 9.17) is 0 Å².